The van der Waals surface area contributed by atoms with E-state index in [-0.39, 0.29) is 23.9 Å². The number of piperidine rings is 1. The molecular weight excluding hydrogens is 571 g/mol. The zero-order chi connectivity index (χ0) is 32.6. The second-order valence-corrected chi connectivity index (χ2v) is 11.9. The molecule has 1 aliphatic rings. The van der Waals surface area contributed by atoms with Crippen LogP contribution in [0.15, 0.2) is 65.7 Å². The van der Waals surface area contributed by atoms with Gasteiger partial charge in [0.25, 0.3) is 18.2 Å². The van der Waals surface area contributed by atoms with E-state index in [1.165, 1.54) is 16.5 Å². The quantitative estimate of drug-likeness (QED) is 0.203. The van der Waals surface area contributed by atoms with Crippen LogP contribution in [0.1, 0.15) is 43.2 Å². The third-order valence-corrected chi connectivity index (χ3v) is 8.33. The lowest BCUT2D eigenvalue weighted by atomic mass is 9.45. The normalized spacial score (nSPS) is 15.0. The third-order valence-electron chi connectivity index (χ3n) is 8.33. The Hall–Kier alpha value is -4.60. The summed E-state index contributed by atoms with van der Waals surface area (Å²) in [7, 11) is 3.76. The van der Waals surface area contributed by atoms with E-state index >= 15 is 0 Å². The van der Waals surface area contributed by atoms with Crippen molar-refractivity contribution in [3.05, 3.63) is 82.4 Å². The van der Waals surface area contributed by atoms with E-state index in [1.54, 1.807) is 11.7 Å². The maximum Gasteiger partial charge on any atom is 0.297 e. The molecule has 5 rings (SSSR count). The molecule has 0 bridgehead atoms. The van der Waals surface area contributed by atoms with E-state index in [4.69, 9.17) is 5.11 Å². The van der Waals surface area contributed by atoms with Gasteiger partial charge in [-0.3, -0.25) is 18.8 Å². The fraction of sp³-hybridized carbons (Fsp3) is 0.394. The Morgan fingerprint density at radius 2 is 1.78 bits per heavy atom. The first-order valence-corrected chi connectivity index (χ1v) is 15.1. The Kier molecular flexibility index (Phi) is 11.0. The predicted octanol–water partition coefficient (Wildman–Crippen LogP) is 3.36. The smallest absolute Gasteiger partial charge is 0.297 e. The molecule has 3 heterocycles. The van der Waals surface area contributed by atoms with Crippen molar-refractivity contribution in [2.45, 2.75) is 56.9 Å². The van der Waals surface area contributed by atoms with Gasteiger partial charge in [-0.05, 0) is 37.7 Å². The van der Waals surface area contributed by atoms with Gasteiger partial charge >= 0.3 is 0 Å². The average Bonchev–Trinajstić information content (AvgIpc) is 3.37. The lowest BCUT2D eigenvalue weighted by Crippen LogP contribution is -2.47. The summed E-state index contributed by atoms with van der Waals surface area (Å²) in [6.45, 7) is 3.19. The fourth-order valence-corrected chi connectivity index (χ4v) is 5.56. The summed E-state index contributed by atoms with van der Waals surface area (Å²) in [5, 5.41) is 33.5. The predicted molar refractivity (Wildman–Crippen MR) is 173 cm³/mol. The van der Waals surface area contributed by atoms with Crippen LogP contribution in [-0.4, -0.2) is 79.2 Å². The maximum absolute atomic E-state index is 13.1. The molecule has 2 aromatic carbocycles. The number of fused-ring (bicyclic) bond motifs is 1. The zero-order valence-corrected chi connectivity index (χ0v) is 26.0. The first kappa shape index (κ1) is 33.3. The van der Waals surface area contributed by atoms with Crippen molar-refractivity contribution in [3.63, 3.8) is 0 Å². The van der Waals surface area contributed by atoms with Gasteiger partial charge < -0.3 is 19.9 Å². The standard InChI is InChI=1S/C23H27BN6O4.C10H12O/c1-28-9-7-23(34,8-10-28)13-30-15-26-19-20(22(30)33)27-29(2)21(19)17-5-3-16(4-6-17)11-24(14-25)12-18(31)32;1-9(7-8-11)10-5-3-2-4-6-10/h3-6,15,34H,7-13H2,1-2H3,(H,31,32);2-6,8-9H,7H2,1H3. The number of aryl methyl sites for hydroxylation is 1. The van der Waals surface area contributed by atoms with Gasteiger partial charge in [0, 0.05) is 44.4 Å². The molecule has 234 valence electrons. The Balaban J connectivity index is 0.000000354. The number of carboxylic acids is 1. The second kappa shape index (κ2) is 14.9. The number of carbonyl (C=O) groups is 2. The zero-order valence-electron chi connectivity index (χ0n) is 26.0. The molecule has 0 spiro atoms. The van der Waals surface area contributed by atoms with E-state index in [0.29, 0.717) is 42.7 Å². The number of rotatable bonds is 10. The number of hydrogen-bond donors (Lipinski definition) is 2. The van der Waals surface area contributed by atoms with Crippen LogP contribution in [0.2, 0.25) is 6.32 Å². The molecular formula is C33H39BN6O5. The molecule has 45 heavy (non-hydrogen) atoms. The number of aromatic nitrogens is 4. The van der Waals surface area contributed by atoms with Gasteiger partial charge in [0.05, 0.1) is 24.2 Å². The van der Waals surface area contributed by atoms with Crippen molar-refractivity contribution in [2.75, 3.05) is 20.1 Å². The SMILES string of the molecule is CC(CC=O)c1ccccc1.CN1CCC(O)(Cn2cnc3c(-c4ccc(CB(C#N)CC(=O)O)cc4)n(C)nc3c2=O)CC1. The number of carboxylic acid groups (broad SMARTS) is 1. The highest BCUT2D eigenvalue weighted by Gasteiger charge is 2.32. The summed E-state index contributed by atoms with van der Waals surface area (Å²) < 4.78 is 3.06. The minimum absolute atomic E-state index is 0.180. The van der Waals surface area contributed by atoms with Crippen molar-refractivity contribution in [1.29, 1.82) is 5.26 Å². The molecule has 1 unspecified atom stereocenters. The van der Waals surface area contributed by atoms with Crippen molar-refractivity contribution in [3.8, 4) is 17.2 Å². The van der Waals surface area contributed by atoms with E-state index in [0.717, 1.165) is 30.5 Å². The summed E-state index contributed by atoms with van der Waals surface area (Å²) in [6, 6.07) is 17.5. The van der Waals surface area contributed by atoms with E-state index < -0.39 is 18.3 Å². The Morgan fingerprint density at radius 3 is 2.38 bits per heavy atom. The topological polar surface area (TPSA) is 154 Å². The van der Waals surface area contributed by atoms with Crippen LogP contribution in [0.25, 0.3) is 22.3 Å². The number of likely N-dealkylation sites (tertiary alicyclic amines) is 1. The highest BCUT2D eigenvalue weighted by molar-refractivity contribution is 6.69. The summed E-state index contributed by atoms with van der Waals surface area (Å²) in [5.41, 5.74) is 3.07. The van der Waals surface area contributed by atoms with Gasteiger partial charge in [-0.1, -0.05) is 67.1 Å². The molecule has 11 nitrogen and oxygen atoms in total. The molecule has 2 N–H and O–H groups in total. The summed E-state index contributed by atoms with van der Waals surface area (Å²) in [4.78, 5) is 40.9. The van der Waals surface area contributed by atoms with Crippen molar-refractivity contribution < 1.29 is 19.8 Å². The van der Waals surface area contributed by atoms with Crippen LogP contribution in [0.5, 0.6) is 0 Å². The Labute approximate surface area is 262 Å². The number of aliphatic carboxylic acids is 1. The minimum atomic E-state index is -0.996. The Morgan fingerprint density at radius 1 is 1.11 bits per heavy atom. The largest absolute Gasteiger partial charge is 0.482 e. The highest BCUT2D eigenvalue weighted by atomic mass is 16.4. The summed E-state index contributed by atoms with van der Waals surface area (Å²) in [6.07, 6.45) is 4.38. The Bertz CT molecular complexity index is 1710. The molecule has 0 amide bonds. The molecule has 0 saturated carbocycles. The van der Waals surface area contributed by atoms with Crippen molar-refractivity contribution in [1.82, 2.24) is 24.2 Å². The van der Waals surface area contributed by atoms with Crippen LogP contribution >= 0.6 is 0 Å². The average molecular weight is 611 g/mol. The van der Waals surface area contributed by atoms with Gasteiger partial charge in [-0.15, -0.1) is 0 Å². The maximum atomic E-state index is 13.1. The molecule has 2 aromatic heterocycles. The van der Waals surface area contributed by atoms with Crippen LogP contribution in [-0.2, 0) is 29.5 Å². The molecule has 0 radical (unpaired) electrons. The van der Waals surface area contributed by atoms with Crippen LogP contribution in [0, 0.1) is 11.2 Å². The highest BCUT2D eigenvalue weighted by Crippen LogP contribution is 2.27. The summed E-state index contributed by atoms with van der Waals surface area (Å²) in [5.74, 6) is 1.40. The van der Waals surface area contributed by atoms with Crippen LogP contribution in [0.4, 0.5) is 0 Å². The van der Waals surface area contributed by atoms with Gasteiger partial charge in [-0.25, -0.2) is 10.2 Å². The summed E-state index contributed by atoms with van der Waals surface area (Å²) >= 11 is 0. The van der Waals surface area contributed by atoms with Crippen LogP contribution in [0.3, 0.4) is 0 Å². The molecule has 1 aliphatic heterocycles. The third kappa shape index (κ3) is 8.53. The van der Waals surface area contributed by atoms with E-state index in [1.807, 2.05) is 67.6 Å². The van der Waals surface area contributed by atoms with Crippen molar-refractivity contribution >= 4 is 30.0 Å². The first-order chi connectivity index (χ1) is 21.5. The van der Waals surface area contributed by atoms with E-state index in [9.17, 15) is 24.8 Å². The van der Waals surface area contributed by atoms with E-state index in [2.05, 4.69) is 21.9 Å². The number of aliphatic hydroxyl groups is 1. The number of aldehydes is 1. The lowest BCUT2D eigenvalue weighted by Gasteiger charge is -2.36. The number of hydrogen-bond acceptors (Lipinski definition) is 8. The lowest BCUT2D eigenvalue weighted by molar-refractivity contribution is -0.134. The number of benzene rings is 2. The van der Waals surface area contributed by atoms with Gasteiger partial charge in [0.2, 0.25) is 0 Å². The van der Waals surface area contributed by atoms with Crippen molar-refractivity contribution in [2.24, 2.45) is 7.05 Å². The molecule has 4 aromatic rings. The second-order valence-electron chi connectivity index (χ2n) is 11.9. The van der Waals surface area contributed by atoms with Crippen LogP contribution < -0.4 is 5.56 Å². The number of carbonyl (C=O) groups excluding carboxylic acids is 1. The molecule has 12 heteroatoms. The molecule has 1 fully saturated rings. The fourth-order valence-electron chi connectivity index (χ4n) is 5.56. The number of nitrogens with zero attached hydrogens (tertiary/aromatic N) is 6. The van der Waals surface area contributed by atoms with Gasteiger partial charge in [-0.2, -0.15) is 5.10 Å². The number of nitriles is 1. The minimum Gasteiger partial charge on any atom is -0.482 e. The first-order valence-electron chi connectivity index (χ1n) is 15.1. The molecule has 1 saturated heterocycles. The monoisotopic (exact) mass is 610 g/mol. The molecule has 0 aliphatic carbocycles. The van der Waals surface area contributed by atoms with Gasteiger partial charge in [0.15, 0.2) is 5.52 Å². The molecule has 1 atom stereocenters. The van der Waals surface area contributed by atoms with Gasteiger partial charge in [0.1, 0.15) is 11.8 Å².